The van der Waals surface area contributed by atoms with Crippen LogP contribution in [0.15, 0.2) is 85.1 Å². The van der Waals surface area contributed by atoms with Crippen molar-refractivity contribution < 1.29 is 9.59 Å². The van der Waals surface area contributed by atoms with Gasteiger partial charge in [-0.2, -0.15) is 5.10 Å². The first-order chi connectivity index (χ1) is 15.0. The minimum Gasteiger partial charge on any atom is -0.351 e. The average molecular weight is 411 g/mol. The van der Waals surface area contributed by atoms with E-state index >= 15 is 0 Å². The Kier molecular flexibility index (Phi) is 5.49. The van der Waals surface area contributed by atoms with Crippen LogP contribution in [0.25, 0.3) is 16.9 Å². The maximum absolute atomic E-state index is 13.1. The van der Waals surface area contributed by atoms with Gasteiger partial charge in [0.05, 0.1) is 11.3 Å². The highest BCUT2D eigenvalue weighted by molar-refractivity contribution is 6.08. The number of anilines is 2. The zero-order valence-electron chi connectivity index (χ0n) is 16.9. The molecule has 1 heterocycles. The van der Waals surface area contributed by atoms with E-state index in [-0.39, 0.29) is 5.91 Å². The maximum Gasteiger partial charge on any atom is 0.316 e. The SMILES string of the molecule is Cc1cccc(-c2nn(-c3ccccc3)cc2C(=O)Nc2ccc(NC(N)=O)cc2)c1. The van der Waals surface area contributed by atoms with Gasteiger partial charge in [0, 0.05) is 23.1 Å². The van der Waals surface area contributed by atoms with Crippen LogP contribution in [-0.4, -0.2) is 21.7 Å². The summed E-state index contributed by atoms with van der Waals surface area (Å²) in [5.41, 5.74) is 10.1. The Morgan fingerprint density at radius 3 is 2.19 bits per heavy atom. The molecule has 0 fully saturated rings. The fourth-order valence-corrected chi connectivity index (χ4v) is 3.24. The van der Waals surface area contributed by atoms with E-state index in [0.717, 1.165) is 16.8 Å². The molecule has 1 aromatic heterocycles. The van der Waals surface area contributed by atoms with Crippen molar-refractivity contribution >= 4 is 23.3 Å². The molecule has 31 heavy (non-hydrogen) atoms. The van der Waals surface area contributed by atoms with Gasteiger partial charge in [0.15, 0.2) is 0 Å². The number of primary amides is 1. The normalized spacial score (nSPS) is 10.5. The van der Waals surface area contributed by atoms with Gasteiger partial charge in [0.1, 0.15) is 5.69 Å². The van der Waals surface area contributed by atoms with Crippen molar-refractivity contribution in [2.24, 2.45) is 5.73 Å². The van der Waals surface area contributed by atoms with E-state index in [1.54, 1.807) is 35.1 Å². The Hall–Kier alpha value is -4.39. The van der Waals surface area contributed by atoms with Crippen LogP contribution in [-0.2, 0) is 0 Å². The minimum absolute atomic E-state index is 0.283. The molecule has 7 heteroatoms. The van der Waals surface area contributed by atoms with E-state index in [1.807, 2.05) is 61.5 Å². The molecule has 7 nitrogen and oxygen atoms in total. The number of nitrogens with zero attached hydrogens (tertiary/aromatic N) is 2. The predicted octanol–water partition coefficient (Wildman–Crippen LogP) is 4.59. The van der Waals surface area contributed by atoms with Gasteiger partial charge >= 0.3 is 6.03 Å². The lowest BCUT2D eigenvalue weighted by Gasteiger charge is -2.07. The fourth-order valence-electron chi connectivity index (χ4n) is 3.24. The van der Waals surface area contributed by atoms with Gasteiger partial charge in [-0.05, 0) is 49.4 Å². The smallest absolute Gasteiger partial charge is 0.316 e. The average Bonchev–Trinajstić information content (AvgIpc) is 3.21. The van der Waals surface area contributed by atoms with Gasteiger partial charge in [0.2, 0.25) is 0 Å². The van der Waals surface area contributed by atoms with Crippen molar-refractivity contribution in [2.45, 2.75) is 6.92 Å². The first-order valence-corrected chi connectivity index (χ1v) is 9.69. The van der Waals surface area contributed by atoms with E-state index < -0.39 is 6.03 Å². The summed E-state index contributed by atoms with van der Waals surface area (Å²) in [7, 11) is 0. The number of aryl methyl sites for hydroxylation is 1. The van der Waals surface area contributed by atoms with Crippen LogP contribution in [0.5, 0.6) is 0 Å². The fraction of sp³-hybridized carbons (Fsp3) is 0.0417. The molecule has 0 saturated heterocycles. The summed E-state index contributed by atoms with van der Waals surface area (Å²) in [5, 5.41) is 10.1. The molecular weight excluding hydrogens is 390 g/mol. The van der Waals surface area contributed by atoms with Gasteiger partial charge in [-0.3, -0.25) is 4.79 Å². The Morgan fingerprint density at radius 1 is 0.871 bits per heavy atom. The van der Waals surface area contributed by atoms with Crippen molar-refractivity contribution in [1.82, 2.24) is 9.78 Å². The van der Waals surface area contributed by atoms with Crippen molar-refractivity contribution in [2.75, 3.05) is 10.6 Å². The van der Waals surface area contributed by atoms with Crippen molar-refractivity contribution in [1.29, 1.82) is 0 Å². The van der Waals surface area contributed by atoms with E-state index in [4.69, 9.17) is 10.8 Å². The Balaban J connectivity index is 1.68. The first-order valence-electron chi connectivity index (χ1n) is 9.69. The van der Waals surface area contributed by atoms with Gasteiger partial charge in [-0.15, -0.1) is 0 Å². The molecule has 0 saturated carbocycles. The summed E-state index contributed by atoms with van der Waals surface area (Å²) in [6.07, 6.45) is 1.73. The summed E-state index contributed by atoms with van der Waals surface area (Å²) in [6, 6.07) is 23.6. The second-order valence-corrected chi connectivity index (χ2v) is 7.06. The molecule has 0 aliphatic rings. The number of carbonyl (C=O) groups is 2. The van der Waals surface area contributed by atoms with E-state index in [0.29, 0.717) is 22.6 Å². The minimum atomic E-state index is -0.645. The highest BCUT2D eigenvalue weighted by atomic mass is 16.2. The van der Waals surface area contributed by atoms with Gasteiger partial charge in [0.25, 0.3) is 5.91 Å². The second-order valence-electron chi connectivity index (χ2n) is 7.06. The number of nitrogens with two attached hydrogens (primary N) is 1. The monoisotopic (exact) mass is 411 g/mol. The molecular formula is C24H21N5O2. The van der Waals surface area contributed by atoms with Gasteiger partial charge in [-0.25, -0.2) is 9.48 Å². The highest BCUT2D eigenvalue weighted by Crippen LogP contribution is 2.26. The van der Waals surface area contributed by atoms with Crippen molar-refractivity contribution in [3.05, 3.63) is 96.2 Å². The number of urea groups is 1. The van der Waals surface area contributed by atoms with Gasteiger partial charge in [-0.1, -0.05) is 42.0 Å². The number of nitrogens with one attached hydrogen (secondary N) is 2. The van der Waals surface area contributed by atoms with Crippen LogP contribution in [0.3, 0.4) is 0 Å². The topological polar surface area (TPSA) is 102 Å². The van der Waals surface area contributed by atoms with Crippen LogP contribution in [0.2, 0.25) is 0 Å². The number of benzene rings is 3. The first kappa shape index (κ1) is 19.9. The molecule has 0 aliphatic heterocycles. The molecule has 0 bridgehead atoms. The molecule has 3 aromatic carbocycles. The molecule has 3 amide bonds. The number of rotatable bonds is 5. The number of carbonyl (C=O) groups excluding carboxylic acids is 2. The van der Waals surface area contributed by atoms with E-state index in [9.17, 15) is 9.59 Å². The zero-order valence-corrected chi connectivity index (χ0v) is 16.9. The zero-order chi connectivity index (χ0) is 21.8. The number of amides is 3. The number of para-hydroxylation sites is 1. The van der Waals surface area contributed by atoms with Crippen LogP contribution >= 0.6 is 0 Å². The standard InChI is InChI=1S/C24H21N5O2/c1-16-6-5-7-17(14-16)22-21(15-29(28-22)20-8-3-2-4-9-20)23(30)26-18-10-12-19(13-11-18)27-24(25)31/h2-15H,1H3,(H,26,30)(H3,25,27,31). The Morgan fingerprint density at radius 2 is 1.55 bits per heavy atom. The summed E-state index contributed by atoms with van der Waals surface area (Å²) in [4.78, 5) is 24.1. The lowest BCUT2D eigenvalue weighted by Crippen LogP contribution is -2.19. The van der Waals surface area contributed by atoms with Gasteiger partial charge < -0.3 is 16.4 Å². The molecule has 4 N–H and O–H groups in total. The van der Waals surface area contributed by atoms with Crippen LogP contribution < -0.4 is 16.4 Å². The summed E-state index contributed by atoms with van der Waals surface area (Å²) in [5.74, 6) is -0.283. The maximum atomic E-state index is 13.1. The molecule has 0 spiro atoms. The van der Waals surface area contributed by atoms with E-state index in [1.165, 1.54) is 0 Å². The van der Waals surface area contributed by atoms with Crippen molar-refractivity contribution in [3.8, 4) is 16.9 Å². The molecule has 4 rings (SSSR count). The number of hydrogen-bond donors (Lipinski definition) is 3. The summed E-state index contributed by atoms with van der Waals surface area (Å²) < 4.78 is 1.70. The molecule has 0 aliphatic carbocycles. The molecule has 0 atom stereocenters. The summed E-state index contributed by atoms with van der Waals surface area (Å²) >= 11 is 0. The Bertz CT molecular complexity index is 1230. The third-order valence-corrected chi connectivity index (χ3v) is 4.68. The largest absolute Gasteiger partial charge is 0.351 e. The van der Waals surface area contributed by atoms with Crippen molar-refractivity contribution in [3.63, 3.8) is 0 Å². The summed E-state index contributed by atoms with van der Waals surface area (Å²) in [6.45, 7) is 2.00. The van der Waals surface area contributed by atoms with Crippen LogP contribution in [0, 0.1) is 6.92 Å². The predicted molar refractivity (Wildman–Crippen MR) is 121 cm³/mol. The lowest BCUT2D eigenvalue weighted by atomic mass is 10.1. The van der Waals surface area contributed by atoms with Crippen LogP contribution in [0.1, 0.15) is 15.9 Å². The molecule has 154 valence electrons. The Labute approximate surface area is 179 Å². The van der Waals surface area contributed by atoms with Crippen LogP contribution in [0.4, 0.5) is 16.2 Å². The van der Waals surface area contributed by atoms with E-state index in [2.05, 4.69) is 10.6 Å². The molecule has 4 aromatic rings. The highest BCUT2D eigenvalue weighted by Gasteiger charge is 2.19. The lowest BCUT2D eigenvalue weighted by molar-refractivity contribution is 0.102. The second kappa shape index (κ2) is 8.54. The third-order valence-electron chi connectivity index (χ3n) is 4.68. The molecule has 0 radical (unpaired) electrons. The third kappa shape index (κ3) is 4.62. The number of aromatic nitrogens is 2. The number of hydrogen-bond acceptors (Lipinski definition) is 3. The molecule has 0 unspecified atom stereocenters. The quantitative estimate of drug-likeness (QED) is 0.447.